The number of aryl methyl sites for hydroxylation is 1. The van der Waals surface area contributed by atoms with Gasteiger partial charge in [0.1, 0.15) is 5.82 Å². The SMILES string of the molecule is Cc1cccc2cc(CNCC3=CC(C(F)(F)F)CC(C(F)(F)F)=C3)c(N(CC3CC3)CC3CC3)nc12. The first kappa shape index (κ1) is 26.1. The van der Waals surface area contributed by atoms with E-state index in [2.05, 4.69) is 16.3 Å². The molecule has 0 amide bonds. The van der Waals surface area contributed by atoms with Crippen molar-refractivity contribution in [2.24, 2.45) is 17.8 Å². The lowest BCUT2D eigenvalue weighted by Gasteiger charge is -2.27. The summed E-state index contributed by atoms with van der Waals surface area (Å²) in [6.45, 7) is 4.05. The van der Waals surface area contributed by atoms with Crippen LogP contribution in [0.5, 0.6) is 0 Å². The molecule has 3 nitrogen and oxygen atoms in total. The van der Waals surface area contributed by atoms with Gasteiger partial charge in [-0.25, -0.2) is 4.98 Å². The Hall–Kier alpha value is -2.55. The Morgan fingerprint density at radius 3 is 2.24 bits per heavy atom. The lowest BCUT2D eigenvalue weighted by Crippen LogP contribution is -2.31. The molecule has 0 saturated heterocycles. The van der Waals surface area contributed by atoms with Crippen LogP contribution >= 0.6 is 0 Å². The predicted octanol–water partition coefficient (Wildman–Crippen LogP) is 7.26. The number of halogens is 6. The maximum Gasteiger partial charge on any atom is 0.412 e. The number of rotatable bonds is 9. The quantitative estimate of drug-likeness (QED) is 0.351. The molecule has 0 radical (unpaired) electrons. The van der Waals surface area contributed by atoms with E-state index in [9.17, 15) is 26.3 Å². The molecular weight excluding hydrogens is 492 g/mol. The van der Waals surface area contributed by atoms with Gasteiger partial charge in [-0.1, -0.05) is 24.3 Å². The van der Waals surface area contributed by atoms with E-state index in [-0.39, 0.29) is 12.1 Å². The number of hydrogen-bond acceptors (Lipinski definition) is 3. The van der Waals surface area contributed by atoms with Gasteiger partial charge in [-0.15, -0.1) is 0 Å². The summed E-state index contributed by atoms with van der Waals surface area (Å²) in [6.07, 6.45) is -4.03. The molecule has 1 heterocycles. The van der Waals surface area contributed by atoms with Crippen molar-refractivity contribution in [1.29, 1.82) is 0 Å². The summed E-state index contributed by atoms with van der Waals surface area (Å²) in [5.41, 5.74) is 1.74. The van der Waals surface area contributed by atoms with Crippen molar-refractivity contribution in [2.45, 2.75) is 57.9 Å². The van der Waals surface area contributed by atoms with Gasteiger partial charge in [0.15, 0.2) is 0 Å². The van der Waals surface area contributed by atoms with Crippen molar-refractivity contribution in [3.8, 4) is 0 Å². The van der Waals surface area contributed by atoms with Gasteiger partial charge in [0.05, 0.1) is 11.4 Å². The molecule has 1 N–H and O–H groups in total. The molecule has 5 rings (SSSR count). The number of anilines is 1. The zero-order valence-corrected chi connectivity index (χ0v) is 20.7. The summed E-state index contributed by atoms with van der Waals surface area (Å²) >= 11 is 0. The summed E-state index contributed by atoms with van der Waals surface area (Å²) in [4.78, 5) is 7.40. The van der Waals surface area contributed by atoms with E-state index in [1.807, 2.05) is 25.1 Å². The van der Waals surface area contributed by atoms with Crippen LogP contribution in [0.2, 0.25) is 0 Å². The van der Waals surface area contributed by atoms with Crippen molar-refractivity contribution in [3.05, 3.63) is 58.7 Å². The number of alkyl halides is 6. The third kappa shape index (κ3) is 6.48. The monoisotopic (exact) mass is 523 g/mol. The predicted molar refractivity (Wildman–Crippen MR) is 132 cm³/mol. The molecule has 2 saturated carbocycles. The van der Waals surface area contributed by atoms with E-state index >= 15 is 0 Å². The van der Waals surface area contributed by atoms with Crippen molar-refractivity contribution >= 4 is 16.7 Å². The number of allylic oxidation sites excluding steroid dienone is 2. The van der Waals surface area contributed by atoms with Gasteiger partial charge in [-0.2, -0.15) is 26.3 Å². The average Bonchev–Trinajstić information content (AvgIpc) is 3.74. The number of nitrogens with zero attached hydrogens (tertiary/aromatic N) is 2. The van der Waals surface area contributed by atoms with Gasteiger partial charge in [-0.05, 0) is 74.1 Å². The second-order valence-corrected chi connectivity index (χ2v) is 10.8. The van der Waals surface area contributed by atoms with Crippen molar-refractivity contribution in [2.75, 3.05) is 24.5 Å². The molecule has 0 spiro atoms. The Labute approximate surface area is 212 Å². The molecule has 0 bridgehead atoms. The first-order valence-corrected chi connectivity index (χ1v) is 12.9. The minimum atomic E-state index is -4.79. The van der Waals surface area contributed by atoms with Crippen LogP contribution in [0.25, 0.3) is 10.9 Å². The Bertz CT molecular complexity index is 1190. The molecular formula is C28H31F6N3. The molecule has 2 aromatic rings. The molecule has 0 aliphatic heterocycles. The summed E-state index contributed by atoms with van der Waals surface area (Å²) in [5.74, 6) is 0.0166. The van der Waals surface area contributed by atoms with E-state index in [1.165, 1.54) is 25.7 Å². The number of benzene rings is 1. The normalized spacial score (nSPS) is 20.7. The van der Waals surface area contributed by atoms with Crippen LogP contribution in [-0.4, -0.2) is 37.0 Å². The zero-order chi connectivity index (χ0) is 26.4. The smallest absolute Gasteiger partial charge is 0.356 e. The van der Waals surface area contributed by atoms with Crippen molar-refractivity contribution < 1.29 is 26.3 Å². The molecule has 9 heteroatoms. The van der Waals surface area contributed by atoms with E-state index < -0.39 is 30.3 Å². The third-order valence-electron chi connectivity index (χ3n) is 7.40. The summed E-state index contributed by atoms with van der Waals surface area (Å²) < 4.78 is 79.9. The zero-order valence-electron chi connectivity index (χ0n) is 20.7. The Morgan fingerprint density at radius 2 is 1.65 bits per heavy atom. The first-order valence-electron chi connectivity index (χ1n) is 12.9. The van der Waals surface area contributed by atoms with E-state index in [0.717, 1.165) is 53.1 Å². The third-order valence-corrected chi connectivity index (χ3v) is 7.40. The summed E-state index contributed by atoms with van der Waals surface area (Å²) in [7, 11) is 0. The number of para-hydroxylation sites is 1. The summed E-state index contributed by atoms with van der Waals surface area (Å²) in [5, 5.41) is 4.08. The van der Waals surface area contributed by atoms with Crippen molar-refractivity contribution in [1.82, 2.24) is 10.3 Å². The first-order chi connectivity index (χ1) is 17.5. The summed E-state index contributed by atoms with van der Waals surface area (Å²) in [6, 6.07) is 8.00. The van der Waals surface area contributed by atoms with E-state index in [0.29, 0.717) is 18.4 Å². The molecule has 2 fully saturated rings. The number of aromatic nitrogens is 1. The highest BCUT2D eigenvalue weighted by molar-refractivity contribution is 5.84. The molecule has 1 aromatic heterocycles. The minimum absolute atomic E-state index is 0.000130. The van der Waals surface area contributed by atoms with Crippen LogP contribution in [0.1, 0.15) is 43.2 Å². The molecule has 1 aromatic carbocycles. The van der Waals surface area contributed by atoms with Crippen LogP contribution < -0.4 is 10.2 Å². The number of nitrogens with one attached hydrogen (secondary N) is 1. The topological polar surface area (TPSA) is 28.2 Å². The molecule has 3 aliphatic carbocycles. The van der Waals surface area contributed by atoms with Crippen LogP contribution in [0.4, 0.5) is 32.2 Å². The van der Waals surface area contributed by atoms with Gasteiger partial charge >= 0.3 is 12.4 Å². The van der Waals surface area contributed by atoms with Gasteiger partial charge in [-0.3, -0.25) is 0 Å². The lowest BCUT2D eigenvalue weighted by molar-refractivity contribution is -0.166. The van der Waals surface area contributed by atoms with Crippen LogP contribution in [0, 0.1) is 24.7 Å². The second-order valence-electron chi connectivity index (χ2n) is 10.8. The Balaban J connectivity index is 1.40. The average molecular weight is 524 g/mol. The fourth-order valence-electron chi connectivity index (χ4n) is 5.00. The maximum atomic E-state index is 13.3. The Kier molecular flexibility index (Phi) is 7.02. The molecule has 1 atom stereocenters. The highest BCUT2D eigenvalue weighted by Crippen LogP contribution is 2.42. The number of fused-ring (bicyclic) bond motifs is 1. The fraction of sp³-hybridized carbons (Fsp3) is 0.536. The van der Waals surface area contributed by atoms with E-state index in [1.54, 1.807) is 0 Å². The van der Waals surface area contributed by atoms with Gasteiger partial charge in [0.25, 0.3) is 0 Å². The van der Waals surface area contributed by atoms with Crippen LogP contribution in [-0.2, 0) is 6.54 Å². The fourth-order valence-corrected chi connectivity index (χ4v) is 5.00. The molecule has 1 unspecified atom stereocenters. The Morgan fingerprint density at radius 1 is 0.973 bits per heavy atom. The van der Waals surface area contributed by atoms with Gasteiger partial charge in [0.2, 0.25) is 0 Å². The van der Waals surface area contributed by atoms with Crippen LogP contribution in [0.15, 0.2) is 47.6 Å². The standard InChI is InChI=1S/C28H31F6N3/c1-17-3-2-4-21-11-22(26(36-25(17)21)37(15-18-5-6-18)16-19-7-8-19)14-35-13-20-9-23(27(29,30)31)12-24(10-20)28(32,33)34/h2-4,9-11,18-19,23,35H,5-8,12-16H2,1H3. The molecule has 3 aliphatic rings. The van der Waals surface area contributed by atoms with Gasteiger partial charge < -0.3 is 10.2 Å². The molecule has 200 valence electrons. The highest BCUT2D eigenvalue weighted by atomic mass is 19.4. The lowest BCUT2D eigenvalue weighted by atomic mass is 9.89. The number of pyridine rings is 1. The van der Waals surface area contributed by atoms with Crippen LogP contribution in [0.3, 0.4) is 0 Å². The van der Waals surface area contributed by atoms with Crippen molar-refractivity contribution in [3.63, 3.8) is 0 Å². The largest absolute Gasteiger partial charge is 0.412 e. The van der Waals surface area contributed by atoms with E-state index in [4.69, 9.17) is 4.98 Å². The second kappa shape index (κ2) is 9.97. The highest BCUT2D eigenvalue weighted by Gasteiger charge is 2.45. The van der Waals surface area contributed by atoms with Gasteiger partial charge in [0, 0.05) is 42.7 Å². The minimum Gasteiger partial charge on any atom is -0.356 e. The maximum absolute atomic E-state index is 13.3. The number of hydrogen-bond donors (Lipinski definition) is 1. The molecule has 37 heavy (non-hydrogen) atoms.